The SMILES string of the molecule is COc1ccc(N(N)c2nc(NC3CCCC3)ncc2N)nc1. The van der Waals surface area contributed by atoms with E-state index in [2.05, 4.69) is 20.3 Å². The van der Waals surface area contributed by atoms with Gasteiger partial charge in [0.1, 0.15) is 11.6 Å². The second-order valence-electron chi connectivity index (χ2n) is 5.52. The molecule has 2 aromatic heterocycles. The molecule has 3 rings (SSSR count). The van der Waals surface area contributed by atoms with Crippen molar-refractivity contribution in [3.63, 3.8) is 0 Å². The highest BCUT2D eigenvalue weighted by atomic mass is 16.5. The lowest BCUT2D eigenvalue weighted by molar-refractivity contribution is 0.413. The van der Waals surface area contributed by atoms with E-state index in [1.165, 1.54) is 17.9 Å². The average molecular weight is 315 g/mol. The van der Waals surface area contributed by atoms with Crippen LogP contribution in [0.15, 0.2) is 24.5 Å². The van der Waals surface area contributed by atoms with Crippen LogP contribution in [-0.4, -0.2) is 28.1 Å². The highest BCUT2D eigenvalue weighted by molar-refractivity contribution is 5.68. The molecule has 1 aliphatic carbocycles. The number of nitrogens with one attached hydrogen (secondary N) is 1. The number of hydrazine groups is 1. The third-order valence-corrected chi connectivity index (χ3v) is 3.92. The number of pyridine rings is 1. The lowest BCUT2D eigenvalue weighted by Gasteiger charge is -2.19. The zero-order chi connectivity index (χ0) is 16.2. The maximum atomic E-state index is 6.12. The Morgan fingerprint density at radius 2 is 2.00 bits per heavy atom. The number of rotatable bonds is 5. The Labute approximate surface area is 134 Å². The van der Waals surface area contributed by atoms with Crippen molar-refractivity contribution < 1.29 is 4.74 Å². The summed E-state index contributed by atoms with van der Waals surface area (Å²) in [6.45, 7) is 0. The van der Waals surface area contributed by atoms with Crippen LogP contribution in [0.25, 0.3) is 0 Å². The van der Waals surface area contributed by atoms with Crippen LogP contribution in [-0.2, 0) is 0 Å². The first-order valence-corrected chi connectivity index (χ1v) is 7.61. The molecule has 0 bridgehead atoms. The topological polar surface area (TPSA) is 115 Å². The van der Waals surface area contributed by atoms with Gasteiger partial charge in [0, 0.05) is 6.04 Å². The molecule has 0 amide bonds. The molecular formula is C15H21N7O. The zero-order valence-corrected chi connectivity index (χ0v) is 13.1. The number of nitrogens with two attached hydrogens (primary N) is 2. The minimum Gasteiger partial charge on any atom is -0.495 e. The molecule has 2 heterocycles. The molecule has 5 N–H and O–H groups in total. The van der Waals surface area contributed by atoms with Crippen LogP contribution in [0.1, 0.15) is 25.7 Å². The number of ether oxygens (including phenoxy) is 1. The largest absolute Gasteiger partial charge is 0.495 e. The monoisotopic (exact) mass is 315 g/mol. The van der Waals surface area contributed by atoms with Crippen molar-refractivity contribution in [2.45, 2.75) is 31.7 Å². The Kier molecular flexibility index (Phi) is 4.42. The Hall–Kier alpha value is -2.61. The second kappa shape index (κ2) is 6.66. The smallest absolute Gasteiger partial charge is 0.225 e. The highest BCUT2D eigenvalue weighted by Gasteiger charge is 2.18. The third-order valence-electron chi connectivity index (χ3n) is 3.92. The van der Waals surface area contributed by atoms with Crippen LogP contribution < -0.4 is 26.6 Å². The van der Waals surface area contributed by atoms with Crippen LogP contribution in [0, 0.1) is 0 Å². The van der Waals surface area contributed by atoms with Crippen LogP contribution in [0.4, 0.5) is 23.3 Å². The molecule has 1 aliphatic rings. The lowest BCUT2D eigenvalue weighted by atomic mass is 10.2. The fraction of sp³-hybridized carbons (Fsp3) is 0.400. The summed E-state index contributed by atoms with van der Waals surface area (Å²) in [5, 5.41) is 4.68. The lowest BCUT2D eigenvalue weighted by Crippen LogP contribution is -2.28. The number of aromatic nitrogens is 3. The van der Waals surface area contributed by atoms with Crippen LogP contribution in [0.2, 0.25) is 0 Å². The van der Waals surface area contributed by atoms with Gasteiger partial charge in [0.15, 0.2) is 5.82 Å². The Morgan fingerprint density at radius 1 is 1.22 bits per heavy atom. The standard InChI is InChI=1S/C15H21N7O/c1-23-11-6-7-13(18-8-11)22(17)14-12(16)9-19-15(21-14)20-10-4-2-3-5-10/h6-10H,2-5,16-17H2,1H3,(H,19,20,21). The van der Waals surface area contributed by atoms with Gasteiger partial charge in [-0.1, -0.05) is 12.8 Å². The highest BCUT2D eigenvalue weighted by Crippen LogP contribution is 2.27. The molecule has 122 valence electrons. The normalized spacial score (nSPS) is 14.7. The maximum absolute atomic E-state index is 6.12. The molecule has 0 aliphatic heterocycles. The van der Waals surface area contributed by atoms with Crippen LogP contribution in [0.3, 0.4) is 0 Å². The molecule has 0 aromatic carbocycles. The van der Waals surface area contributed by atoms with E-state index in [0.717, 1.165) is 12.8 Å². The second-order valence-corrected chi connectivity index (χ2v) is 5.52. The quantitative estimate of drug-likeness (QED) is 0.565. The molecule has 0 unspecified atom stereocenters. The van der Waals surface area contributed by atoms with Gasteiger partial charge in [-0.25, -0.2) is 20.8 Å². The minimum absolute atomic E-state index is 0.391. The van der Waals surface area contributed by atoms with Crippen molar-refractivity contribution in [1.29, 1.82) is 0 Å². The summed E-state index contributed by atoms with van der Waals surface area (Å²) in [7, 11) is 1.58. The zero-order valence-electron chi connectivity index (χ0n) is 13.1. The maximum Gasteiger partial charge on any atom is 0.225 e. The molecule has 0 radical (unpaired) electrons. The van der Waals surface area contributed by atoms with Crippen molar-refractivity contribution in [2.75, 3.05) is 23.2 Å². The fourth-order valence-electron chi connectivity index (χ4n) is 2.64. The van der Waals surface area contributed by atoms with Crippen LogP contribution >= 0.6 is 0 Å². The summed E-state index contributed by atoms with van der Waals surface area (Å²) in [5.41, 5.74) is 6.36. The van der Waals surface area contributed by atoms with Crippen molar-refractivity contribution in [1.82, 2.24) is 15.0 Å². The number of methoxy groups -OCH3 is 1. The van der Waals surface area contributed by atoms with Gasteiger partial charge in [-0.2, -0.15) is 4.98 Å². The number of anilines is 4. The molecular weight excluding hydrogens is 294 g/mol. The summed E-state index contributed by atoms with van der Waals surface area (Å²) in [6, 6.07) is 3.93. The van der Waals surface area contributed by atoms with Gasteiger partial charge in [-0.3, -0.25) is 0 Å². The van der Waals surface area contributed by atoms with E-state index in [0.29, 0.717) is 35.1 Å². The Bertz CT molecular complexity index is 655. The van der Waals surface area contributed by atoms with Gasteiger partial charge in [0.05, 0.1) is 25.2 Å². The van der Waals surface area contributed by atoms with E-state index in [9.17, 15) is 0 Å². The van der Waals surface area contributed by atoms with Gasteiger partial charge in [-0.05, 0) is 25.0 Å². The molecule has 23 heavy (non-hydrogen) atoms. The number of nitrogens with zero attached hydrogens (tertiary/aromatic N) is 4. The van der Waals surface area contributed by atoms with Crippen molar-refractivity contribution in [3.8, 4) is 5.75 Å². The first-order chi connectivity index (χ1) is 11.2. The van der Waals surface area contributed by atoms with Crippen LogP contribution in [0.5, 0.6) is 5.75 Å². The van der Waals surface area contributed by atoms with Gasteiger partial charge < -0.3 is 15.8 Å². The molecule has 0 atom stereocenters. The summed E-state index contributed by atoms with van der Waals surface area (Å²) in [5.74, 6) is 8.24. The first kappa shape index (κ1) is 15.3. The van der Waals surface area contributed by atoms with Gasteiger partial charge >= 0.3 is 0 Å². The van der Waals surface area contributed by atoms with Crippen molar-refractivity contribution in [3.05, 3.63) is 24.5 Å². The van der Waals surface area contributed by atoms with Gasteiger partial charge in [-0.15, -0.1) is 0 Å². The number of hydrogen-bond acceptors (Lipinski definition) is 8. The third kappa shape index (κ3) is 3.42. The molecule has 0 saturated heterocycles. The minimum atomic E-state index is 0.391. The molecule has 8 nitrogen and oxygen atoms in total. The summed E-state index contributed by atoms with van der Waals surface area (Å²) >= 11 is 0. The molecule has 8 heteroatoms. The summed E-state index contributed by atoms with van der Waals surface area (Å²) in [4.78, 5) is 12.9. The van der Waals surface area contributed by atoms with Gasteiger partial charge in [0.25, 0.3) is 0 Å². The number of nitrogen functional groups attached to an aromatic ring is 1. The van der Waals surface area contributed by atoms with E-state index in [-0.39, 0.29) is 0 Å². The van der Waals surface area contributed by atoms with E-state index in [1.807, 2.05) is 0 Å². The van der Waals surface area contributed by atoms with Crippen molar-refractivity contribution in [2.24, 2.45) is 5.84 Å². The predicted octanol–water partition coefficient (Wildman–Crippen LogP) is 1.83. The van der Waals surface area contributed by atoms with E-state index in [4.69, 9.17) is 16.3 Å². The Balaban J connectivity index is 1.81. The summed E-state index contributed by atoms with van der Waals surface area (Å²) < 4.78 is 5.09. The fourth-order valence-corrected chi connectivity index (χ4v) is 2.64. The molecule has 0 spiro atoms. The molecule has 2 aromatic rings. The number of hydrogen-bond donors (Lipinski definition) is 3. The molecule has 1 saturated carbocycles. The Morgan fingerprint density at radius 3 is 2.65 bits per heavy atom. The van der Waals surface area contributed by atoms with E-state index in [1.54, 1.807) is 31.6 Å². The molecule has 1 fully saturated rings. The van der Waals surface area contributed by atoms with Gasteiger partial charge in [0.2, 0.25) is 5.95 Å². The van der Waals surface area contributed by atoms with Crippen molar-refractivity contribution >= 4 is 23.3 Å². The van der Waals surface area contributed by atoms with E-state index < -0.39 is 0 Å². The predicted molar refractivity (Wildman–Crippen MR) is 89.4 cm³/mol. The average Bonchev–Trinajstić information content (AvgIpc) is 3.09. The van der Waals surface area contributed by atoms with E-state index >= 15 is 0 Å². The first-order valence-electron chi connectivity index (χ1n) is 7.61. The summed E-state index contributed by atoms with van der Waals surface area (Å²) in [6.07, 6.45) is 7.88.